The zero-order valence-electron chi connectivity index (χ0n) is 9.39. The van der Waals surface area contributed by atoms with Crippen LogP contribution in [0.15, 0.2) is 53.9 Å². The van der Waals surface area contributed by atoms with Crippen molar-refractivity contribution in [2.75, 3.05) is 5.43 Å². The first-order chi connectivity index (χ1) is 8.25. The van der Waals surface area contributed by atoms with Crippen LogP contribution in [0.25, 0.3) is 0 Å². The molecule has 1 N–H and O–H groups in total. The molecule has 0 atom stereocenters. The third-order valence-corrected chi connectivity index (χ3v) is 2.28. The van der Waals surface area contributed by atoms with Crippen molar-refractivity contribution in [1.29, 1.82) is 0 Å². The third-order valence-electron chi connectivity index (χ3n) is 2.28. The summed E-state index contributed by atoms with van der Waals surface area (Å²) in [5.41, 5.74) is 5.38. The van der Waals surface area contributed by atoms with Crippen molar-refractivity contribution in [2.45, 2.75) is 6.92 Å². The Morgan fingerprint density at radius 3 is 2.65 bits per heavy atom. The fourth-order valence-electron chi connectivity index (χ4n) is 1.31. The van der Waals surface area contributed by atoms with E-state index in [9.17, 15) is 4.39 Å². The van der Waals surface area contributed by atoms with Crippen LogP contribution in [0, 0.1) is 5.82 Å². The van der Waals surface area contributed by atoms with Gasteiger partial charge < -0.3 is 0 Å². The summed E-state index contributed by atoms with van der Waals surface area (Å²) >= 11 is 0. The minimum atomic E-state index is -0.261. The molecule has 1 aromatic carbocycles. The van der Waals surface area contributed by atoms with Gasteiger partial charge >= 0.3 is 0 Å². The molecule has 0 aliphatic heterocycles. The standard InChI is InChI=1S/C13H12FN3/c1-10(11-3-2-8-15-9-11)16-17-13-6-4-12(14)5-7-13/h2-9,17H,1H3. The van der Waals surface area contributed by atoms with E-state index in [1.165, 1.54) is 12.1 Å². The minimum absolute atomic E-state index is 0.261. The summed E-state index contributed by atoms with van der Waals surface area (Å²) in [7, 11) is 0. The first-order valence-corrected chi connectivity index (χ1v) is 5.22. The third kappa shape index (κ3) is 3.11. The molecule has 1 heterocycles. The van der Waals surface area contributed by atoms with E-state index in [1.54, 1.807) is 24.5 Å². The van der Waals surface area contributed by atoms with E-state index in [0.717, 1.165) is 17.0 Å². The van der Waals surface area contributed by atoms with Gasteiger partial charge in [0.15, 0.2) is 0 Å². The lowest BCUT2D eigenvalue weighted by Gasteiger charge is -2.02. The number of anilines is 1. The predicted octanol–water partition coefficient (Wildman–Crippen LogP) is 3.06. The largest absolute Gasteiger partial charge is 0.278 e. The predicted molar refractivity (Wildman–Crippen MR) is 66.5 cm³/mol. The number of hydrazone groups is 1. The summed E-state index contributed by atoms with van der Waals surface area (Å²) in [6, 6.07) is 9.82. The molecule has 0 unspecified atom stereocenters. The molecule has 1 aromatic heterocycles. The van der Waals surface area contributed by atoms with Crippen LogP contribution in [0.2, 0.25) is 0 Å². The summed E-state index contributed by atoms with van der Waals surface area (Å²) in [5, 5.41) is 4.20. The number of halogens is 1. The Morgan fingerprint density at radius 2 is 2.00 bits per heavy atom. The van der Waals surface area contributed by atoms with Crippen molar-refractivity contribution in [3.05, 3.63) is 60.2 Å². The highest BCUT2D eigenvalue weighted by molar-refractivity contribution is 5.98. The molecular weight excluding hydrogens is 217 g/mol. The highest BCUT2D eigenvalue weighted by atomic mass is 19.1. The Hall–Kier alpha value is -2.23. The van der Waals surface area contributed by atoms with Crippen molar-refractivity contribution >= 4 is 11.4 Å². The molecule has 2 rings (SSSR count). The lowest BCUT2D eigenvalue weighted by molar-refractivity contribution is 0.628. The van der Waals surface area contributed by atoms with Gasteiger partial charge in [0.2, 0.25) is 0 Å². The lowest BCUT2D eigenvalue weighted by atomic mass is 10.2. The summed E-state index contributed by atoms with van der Waals surface area (Å²) in [6.45, 7) is 1.88. The summed E-state index contributed by atoms with van der Waals surface area (Å²) < 4.78 is 12.7. The second kappa shape index (κ2) is 5.21. The topological polar surface area (TPSA) is 37.3 Å². The van der Waals surface area contributed by atoms with Gasteiger partial charge in [0.1, 0.15) is 5.82 Å². The summed E-state index contributed by atoms with van der Waals surface area (Å²) in [5.74, 6) is -0.261. The quantitative estimate of drug-likeness (QED) is 0.648. The molecule has 0 amide bonds. The van der Waals surface area contributed by atoms with E-state index in [1.807, 2.05) is 19.1 Å². The van der Waals surface area contributed by atoms with Crippen molar-refractivity contribution in [1.82, 2.24) is 4.98 Å². The average Bonchev–Trinajstić information content (AvgIpc) is 2.39. The summed E-state index contributed by atoms with van der Waals surface area (Å²) in [6.07, 6.45) is 3.45. The smallest absolute Gasteiger partial charge is 0.123 e. The number of nitrogens with zero attached hydrogens (tertiary/aromatic N) is 2. The van der Waals surface area contributed by atoms with Crippen molar-refractivity contribution in [2.24, 2.45) is 5.10 Å². The molecule has 0 saturated heterocycles. The molecule has 0 saturated carbocycles. The van der Waals surface area contributed by atoms with E-state index >= 15 is 0 Å². The Morgan fingerprint density at radius 1 is 1.24 bits per heavy atom. The zero-order chi connectivity index (χ0) is 12.1. The molecule has 2 aromatic rings. The first-order valence-electron chi connectivity index (χ1n) is 5.22. The second-order valence-electron chi connectivity index (χ2n) is 3.56. The monoisotopic (exact) mass is 229 g/mol. The van der Waals surface area contributed by atoms with Gasteiger partial charge in [0.05, 0.1) is 11.4 Å². The number of pyridine rings is 1. The highest BCUT2D eigenvalue weighted by Crippen LogP contribution is 2.08. The van der Waals surface area contributed by atoms with E-state index in [2.05, 4.69) is 15.5 Å². The van der Waals surface area contributed by atoms with Gasteiger partial charge in [-0.25, -0.2) is 4.39 Å². The highest BCUT2D eigenvalue weighted by Gasteiger charge is 1.96. The van der Waals surface area contributed by atoms with Crippen LogP contribution >= 0.6 is 0 Å². The molecule has 0 fully saturated rings. The Kier molecular flexibility index (Phi) is 3.45. The molecule has 0 aliphatic carbocycles. The molecular formula is C13H12FN3. The van der Waals surface area contributed by atoms with Crippen LogP contribution in [0.4, 0.5) is 10.1 Å². The van der Waals surface area contributed by atoms with Crippen LogP contribution in [-0.2, 0) is 0 Å². The van der Waals surface area contributed by atoms with Gasteiger partial charge in [-0.3, -0.25) is 10.4 Å². The van der Waals surface area contributed by atoms with E-state index < -0.39 is 0 Å². The lowest BCUT2D eigenvalue weighted by Crippen LogP contribution is -1.99. The fraction of sp³-hybridized carbons (Fsp3) is 0.0769. The van der Waals surface area contributed by atoms with Gasteiger partial charge in [-0.2, -0.15) is 5.10 Å². The number of hydrogen-bond acceptors (Lipinski definition) is 3. The van der Waals surface area contributed by atoms with Gasteiger partial charge in [-0.1, -0.05) is 6.07 Å². The number of hydrogen-bond donors (Lipinski definition) is 1. The van der Waals surface area contributed by atoms with Crippen LogP contribution in [-0.4, -0.2) is 10.7 Å². The normalized spacial score (nSPS) is 11.3. The SMILES string of the molecule is CC(=NNc1ccc(F)cc1)c1cccnc1. The van der Waals surface area contributed by atoms with Gasteiger partial charge in [-0.15, -0.1) is 0 Å². The molecule has 0 spiro atoms. The maximum Gasteiger partial charge on any atom is 0.123 e. The zero-order valence-corrected chi connectivity index (χ0v) is 9.39. The fourth-order valence-corrected chi connectivity index (χ4v) is 1.31. The number of rotatable bonds is 3. The molecule has 17 heavy (non-hydrogen) atoms. The van der Waals surface area contributed by atoms with E-state index in [4.69, 9.17) is 0 Å². The second-order valence-corrected chi connectivity index (χ2v) is 3.56. The van der Waals surface area contributed by atoms with E-state index in [0.29, 0.717) is 0 Å². The Labute approximate surface area is 99.0 Å². The number of benzene rings is 1. The molecule has 4 heteroatoms. The van der Waals surface area contributed by atoms with Crippen LogP contribution in [0.5, 0.6) is 0 Å². The number of nitrogens with one attached hydrogen (secondary N) is 1. The Balaban J connectivity index is 2.08. The minimum Gasteiger partial charge on any atom is -0.278 e. The van der Waals surface area contributed by atoms with Crippen LogP contribution in [0.3, 0.4) is 0 Å². The van der Waals surface area contributed by atoms with Crippen molar-refractivity contribution in [3.8, 4) is 0 Å². The molecule has 3 nitrogen and oxygen atoms in total. The van der Waals surface area contributed by atoms with E-state index in [-0.39, 0.29) is 5.82 Å². The van der Waals surface area contributed by atoms with Gasteiger partial charge in [-0.05, 0) is 37.3 Å². The first kappa shape index (κ1) is 11.3. The molecule has 0 bridgehead atoms. The summed E-state index contributed by atoms with van der Waals surface area (Å²) in [4.78, 5) is 4.01. The van der Waals surface area contributed by atoms with Crippen molar-refractivity contribution < 1.29 is 4.39 Å². The van der Waals surface area contributed by atoms with Crippen LogP contribution in [0.1, 0.15) is 12.5 Å². The molecule has 0 aliphatic rings. The maximum absolute atomic E-state index is 12.7. The van der Waals surface area contributed by atoms with Gasteiger partial charge in [0.25, 0.3) is 0 Å². The van der Waals surface area contributed by atoms with Crippen LogP contribution < -0.4 is 5.43 Å². The average molecular weight is 229 g/mol. The number of aromatic nitrogens is 1. The maximum atomic E-state index is 12.7. The van der Waals surface area contributed by atoms with Gasteiger partial charge in [0, 0.05) is 18.0 Å². The molecule has 0 radical (unpaired) electrons. The Bertz CT molecular complexity index is 506. The van der Waals surface area contributed by atoms with Crippen molar-refractivity contribution in [3.63, 3.8) is 0 Å². The molecule has 86 valence electrons.